The van der Waals surface area contributed by atoms with Crippen molar-refractivity contribution in [2.45, 2.75) is 45.6 Å². The monoisotopic (exact) mass is 314 g/mol. The van der Waals surface area contributed by atoms with Crippen LogP contribution in [0.5, 0.6) is 0 Å². The summed E-state index contributed by atoms with van der Waals surface area (Å²) in [5.74, 6) is 1.04. The second-order valence-electron chi connectivity index (χ2n) is 6.66. The maximum Gasteiger partial charge on any atom is 0.324 e. The zero-order valence-corrected chi connectivity index (χ0v) is 14.3. The van der Waals surface area contributed by atoms with Gasteiger partial charge in [0.2, 0.25) is 0 Å². The van der Waals surface area contributed by atoms with Crippen LogP contribution < -0.4 is 9.80 Å². The van der Waals surface area contributed by atoms with E-state index >= 15 is 0 Å². The summed E-state index contributed by atoms with van der Waals surface area (Å²) < 4.78 is 5.34. The smallest absolute Gasteiger partial charge is 0.324 e. The first-order valence-electron chi connectivity index (χ1n) is 8.52. The van der Waals surface area contributed by atoms with Gasteiger partial charge in [0, 0.05) is 38.3 Å². The van der Waals surface area contributed by atoms with Crippen LogP contribution in [-0.4, -0.2) is 30.3 Å². The Kier molecular flexibility index (Phi) is 4.84. The second-order valence-corrected chi connectivity index (χ2v) is 6.66. The largest absolute Gasteiger partial charge is 0.372 e. The average molecular weight is 314 g/mol. The fourth-order valence-electron chi connectivity index (χ4n) is 2.92. The number of benzene rings is 1. The summed E-state index contributed by atoms with van der Waals surface area (Å²) in [7, 11) is 1.98. The van der Waals surface area contributed by atoms with E-state index in [1.807, 2.05) is 11.9 Å². The van der Waals surface area contributed by atoms with Crippen molar-refractivity contribution in [1.82, 2.24) is 10.1 Å². The van der Waals surface area contributed by atoms with Crippen LogP contribution in [-0.2, 0) is 6.54 Å². The van der Waals surface area contributed by atoms with Crippen molar-refractivity contribution in [3.63, 3.8) is 0 Å². The van der Waals surface area contributed by atoms with Gasteiger partial charge >= 0.3 is 6.01 Å². The molecule has 0 spiro atoms. The average Bonchev–Trinajstić information content (AvgIpc) is 3.07. The summed E-state index contributed by atoms with van der Waals surface area (Å²) in [5.41, 5.74) is 2.58. The Hall–Kier alpha value is -2.04. The molecule has 1 aliphatic heterocycles. The van der Waals surface area contributed by atoms with E-state index in [9.17, 15) is 0 Å². The Bertz CT molecular complexity index is 614. The van der Waals surface area contributed by atoms with Gasteiger partial charge in [0.05, 0.1) is 0 Å². The van der Waals surface area contributed by atoms with Crippen LogP contribution >= 0.6 is 0 Å². The fourth-order valence-corrected chi connectivity index (χ4v) is 2.92. The molecule has 124 valence electrons. The highest BCUT2D eigenvalue weighted by Crippen LogP contribution is 2.22. The zero-order valence-electron chi connectivity index (χ0n) is 14.3. The molecule has 1 fully saturated rings. The predicted octanol–water partition coefficient (Wildman–Crippen LogP) is 3.82. The Balaban J connectivity index is 1.62. The van der Waals surface area contributed by atoms with Gasteiger partial charge in [-0.25, -0.2) is 0 Å². The van der Waals surface area contributed by atoms with E-state index in [0.717, 1.165) is 12.4 Å². The summed E-state index contributed by atoms with van der Waals surface area (Å²) in [6.07, 6.45) is 3.97. The molecule has 1 aliphatic rings. The van der Waals surface area contributed by atoms with Gasteiger partial charge in [-0.3, -0.25) is 0 Å². The normalized spacial score (nSPS) is 15.2. The first-order valence-corrected chi connectivity index (χ1v) is 8.52. The Labute approximate surface area is 138 Å². The molecule has 1 saturated heterocycles. The van der Waals surface area contributed by atoms with E-state index in [1.54, 1.807) is 0 Å². The topological polar surface area (TPSA) is 45.4 Å². The minimum absolute atomic E-state index is 0.282. The highest BCUT2D eigenvalue weighted by atomic mass is 16.5. The molecular weight excluding hydrogens is 288 g/mol. The quantitative estimate of drug-likeness (QED) is 0.839. The maximum absolute atomic E-state index is 5.34. The van der Waals surface area contributed by atoms with Gasteiger partial charge in [0.15, 0.2) is 5.82 Å². The lowest BCUT2D eigenvalue weighted by molar-refractivity contribution is 0.407. The van der Waals surface area contributed by atoms with Crippen LogP contribution in [0.2, 0.25) is 0 Å². The molecule has 23 heavy (non-hydrogen) atoms. The number of hydrogen-bond acceptors (Lipinski definition) is 5. The van der Waals surface area contributed by atoms with Crippen LogP contribution in [0.15, 0.2) is 28.8 Å². The molecule has 0 atom stereocenters. The molecule has 5 heteroatoms. The van der Waals surface area contributed by atoms with Gasteiger partial charge < -0.3 is 14.3 Å². The summed E-state index contributed by atoms with van der Waals surface area (Å²) in [5, 5.41) is 4.02. The van der Waals surface area contributed by atoms with Crippen LogP contribution in [0, 0.1) is 0 Å². The van der Waals surface area contributed by atoms with Crippen molar-refractivity contribution < 1.29 is 4.52 Å². The predicted molar refractivity (Wildman–Crippen MR) is 93.0 cm³/mol. The van der Waals surface area contributed by atoms with Crippen LogP contribution in [0.25, 0.3) is 0 Å². The maximum atomic E-state index is 5.34. The van der Waals surface area contributed by atoms with Crippen molar-refractivity contribution >= 4 is 11.7 Å². The van der Waals surface area contributed by atoms with E-state index in [0.29, 0.717) is 6.01 Å². The van der Waals surface area contributed by atoms with Crippen LogP contribution in [0.1, 0.15) is 50.4 Å². The molecule has 1 aromatic heterocycles. The lowest BCUT2D eigenvalue weighted by Gasteiger charge is -2.29. The van der Waals surface area contributed by atoms with Crippen LogP contribution in [0.4, 0.5) is 11.7 Å². The van der Waals surface area contributed by atoms with E-state index in [-0.39, 0.29) is 5.92 Å². The molecule has 3 rings (SSSR count). The van der Waals surface area contributed by atoms with E-state index in [2.05, 4.69) is 53.2 Å². The van der Waals surface area contributed by atoms with E-state index in [4.69, 9.17) is 4.52 Å². The Morgan fingerprint density at radius 3 is 2.43 bits per heavy atom. The Morgan fingerprint density at radius 1 is 1.13 bits per heavy atom. The first-order chi connectivity index (χ1) is 11.1. The number of aromatic nitrogens is 2. The molecule has 0 bridgehead atoms. The third-order valence-electron chi connectivity index (χ3n) is 4.35. The number of rotatable bonds is 5. The van der Waals surface area contributed by atoms with Crippen molar-refractivity contribution in [3.05, 3.63) is 35.7 Å². The number of nitrogens with zero attached hydrogens (tertiary/aromatic N) is 4. The van der Waals surface area contributed by atoms with Crippen molar-refractivity contribution in [2.75, 3.05) is 29.9 Å². The third kappa shape index (κ3) is 3.84. The zero-order chi connectivity index (χ0) is 16.2. The molecule has 2 heterocycles. The number of piperidine rings is 1. The third-order valence-corrected chi connectivity index (χ3v) is 4.35. The molecule has 0 radical (unpaired) electrons. The molecule has 0 saturated carbocycles. The minimum Gasteiger partial charge on any atom is -0.372 e. The fraction of sp³-hybridized carbons (Fsp3) is 0.556. The minimum atomic E-state index is 0.282. The molecule has 0 unspecified atom stereocenters. The Morgan fingerprint density at radius 2 is 1.83 bits per heavy atom. The van der Waals surface area contributed by atoms with Gasteiger partial charge in [-0.15, -0.1) is 0 Å². The molecule has 0 N–H and O–H groups in total. The summed E-state index contributed by atoms with van der Waals surface area (Å²) >= 11 is 0. The second kappa shape index (κ2) is 7.02. The van der Waals surface area contributed by atoms with Crippen molar-refractivity contribution in [2.24, 2.45) is 0 Å². The van der Waals surface area contributed by atoms with Crippen molar-refractivity contribution in [1.29, 1.82) is 0 Å². The van der Waals surface area contributed by atoms with E-state index < -0.39 is 0 Å². The van der Waals surface area contributed by atoms with E-state index in [1.165, 1.54) is 43.6 Å². The number of anilines is 2. The lowest BCUT2D eigenvalue weighted by atomic mass is 10.1. The highest BCUT2D eigenvalue weighted by Gasteiger charge is 2.14. The molecule has 0 amide bonds. The summed E-state index contributed by atoms with van der Waals surface area (Å²) in [4.78, 5) is 8.91. The molecule has 5 nitrogen and oxygen atoms in total. The van der Waals surface area contributed by atoms with Crippen LogP contribution in [0.3, 0.4) is 0 Å². The lowest BCUT2D eigenvalue weighted by Crippen LogP contribution is -2.29. The number of hydrogen-bond donors (Lipinski definition) is 0. The summed E-state index contributed by atoms with van der Waals surface area (Å²) in [6, 6.07) is 9.41. The highest BCUT2D eigenvalue weighted by molar-refractivity contribution is 5.48. The van der Waals surface area contributed by atoms with Gasteiger partial charge in [0.25, 0.3) is 0 Å². The SMILES string of the molecule is CC(C)c1noc(N(C)Cc2ccc(N3CCCCC3)cc2)n1. The van der Waals surface area contributed by atoms with Gasteiger partial charge in [-0.05, 0) is 37.0 Å². The van der Waals surface area contributed by atoms with Gasteiger partial charge in [-0.2, -0.15) is 4.98 Å². The molecule has 1 aromatic carbocycles. The van der Waals surface area contributed by atoms with Crippen molar-refractivity contribution in [3.8, 4) is 0 Å². The summed E-state index contributed by atoms with van der Waals surface area (Å²) in [6.45, 7) is 7.25. The standard InChI is InChI=1S/C18H26N4O/c1-14(2)17-19-18(23-20-17)21(3)13-15-7-9-16(10-8-15)22-11-5-4-6-12-22/h7-10,14H,4-6,11-13H2,1-3H3. The molecule has 2 aromatic rings. The van der Waals surface area contributed by atoms with Gasteiger partial charge in [0.1, 0.15) is 0 Å². The molecular formula is C18H26N4O. The molecule has 0 aliphatic carbocycles. The van der Waals surface area contributed by atoms with Gasteiger partial charge in [-0.1, -0.05) is 31.1 Å². The first kappa shape index (κ1) is 15.8.